The number of ketones is 2. The van der Waals surface area contributed by atoms with Gasteiger partial charge < -0.3 is 53.6 Å². The van der Waals surface area contributed by atoms with Crippen molar-refractivity contribution in [3.63, 3.8) is 0 Å². The third kappa shape index (κ3) is 3.66. The van der Waals surface area contributed by atoms with Gasteiger partial charge in [-0.1, -0.05) is 0 Å². The first-order valence-electron chi connectivity index (χ1n) is 15.1. The number of rotatable bonds is 6. The van der Waals surface area contributed by atoms with E-state index in [2.05, 4.69) is 0 Å². The SMILES string of the molecule is COC[C@]12O[C@H]3c4c(C)cc5c(OC)c6c(c(O)c5c4O[C@](O[C@H]4C[C@@H](O)[C@@](O)(C(C)=O)[C@H](C)O4)([C@H]3O1)[C@]2(C)O)C(=O)CCC6. The maximum Gasteiger partial charge on any atom is 0.276 e. The predicted molar refractivity (Wildman–Crippen MR) is 153 cm³/mol. The zero-order valence-electron chi connectivity index (χ0n) is 26.0. The van der Waals surface area contributed by atoms with Crippen LogP contribution in [-0.4, -0.2) is 100 Å². The molecule has 0 aromatic heterocycles. The lowest BCUT2D eigenvalue weighted by atomic mass is 9.76. The molecule has 13 heteroatoms. The zero-order valence-corrected chi connectivity index (χ0v) is 26.0. The number of aliphatic hydroxyl groups is 3. The average Bonchev–Trinajstić information content (AvgIpc) is 3.44. The van der Waals surface area contributed by atoms with Crippen LogP contribution < -0.4 is 9.47 Å². The van der Waals surface area contributed by atoms with Crippen LogP contribution in [0.3, 0.4) is 0 Å². The van der Waals surface area contributed by atoms with Gasteiger partial charge in [0.25, 0.3) is 5.79 Å². The molecule has 2 aromatic rings. The Morgan fingerprint density at radius 3 is 2.56 bits per heavy atom. The molecule has 0 spiro atoms. The molecule has 9 atom stereocenters. The molecular formula is C32H38O13. The number of phenolic OH excluding ortho intramolecular Hbond substituents is 1. The molecule has 0 saturated carbocycles. The number of phenols is 1. The highest BCUT2D eigenvalue weighted by molar-refractivity contribution is 6.11. The topological polar surface area (TPSA) is 180 Å². The molecule has 3 saturated heterocycles. The van der Waals surface area contributed by atoms with E-state index in [1.54, 1.807) is 0 Å². The van der Waals surface area contributed by atoms with Crippen molar-refractivity contribution >= 4 is 22.3 Å². The summed E-state index contributed by atoms with van der Waals surface area (Å²) >= 11 is 0. The van der Waals surface area contributed by atoms with Crippen molar-refractivity contribution in [2.75, 3.05) is 20.8 Å². The van der Waals surface area contributed by atoms with E-state index < -0.39 is 59.3 Å². The maximum absolute atomic E-state index is 13.1. The summed E-state index contributed by atoms with van der Waals surface area (Å²) in [4.78, 5) is 25.4. The van der Waals surface area contributed by atoms with Gasteiger partial charge in [0.15, 0.2) is 35.2 Å². The second-order valence-electron chi connectivity index (χ2n) is 12.9. The van der Waals surface area contributed by atoms with Gasteiger partial charge in [-0.3, -0.25) is 9.59 Å². The minimum Gasteiger partial charge on any atom is -0.506 e. The van der Waals surface area contributed by atoms with Gasteiger partial charge in [0.2, 0.25) is 5.79 Å². The number of Topliss-reactive ketones (excluding diaryl/α,β-unsaturated/α-hetero) is 2. The van der Waals surface area contributed by atoms with Gasteiger partial charge in [-0.15, -0.1) is 0 Å². The highest BCUT2D eigenvalue weighted by Crippen LogP contribution is 2.67. The Kier molecular flexibility index (Phi) is 6.71. The van der Waals surface area contributed by atoms with Crippen LogP contribution in [0, 0.1) is 6.92 Å². The smallest absolute Gasteiger partial charge is 0.276 e. The van der Waals surface area contributed by atoms with Gasteiger partial charge in [-0.2, -0.15) is 0 Å². The summed E-state index contributed by atoms with van der Waals surface area (Å²) in [6.45, 7) is 5.64. The van der Waals surface area contributed by atoms with E-state index in [-0.39, 0.29) is 47.7 Å². The van der Waals surface area contributed by atoms with Crippen LogP contribution in [0.2, 0.25) is 0 Å². The van der Waals surface area contributed by atoms with Crippen molar-refractivity contribution < 1.29 is 63.2 Å². The van der Waals surface area contributed by atoms with Crippen molar-refractivity contribution in [1.29, 1.82) is 0 Å². The van der Waals surface area contributed by atoms with E-state index in [0.717, 1.165) is 6.92 Å². The van der Waals surface area contributed by atoms with E-state index in [4.69, 9.17) is 33.2 Å². The molecule has 13 nitrogen and oxygen atoms in total. The maximum atomic E-state index is 13.1. The van der Waals surface area contributed by atoms with Crippen LogP contribution in [0.4, 0.5) is 0 Å². The Morgan fingerprint density at radius 2 is 1.91 bits per heavy atom. The van der Waals surface area contributed by atoms with Gasteiger partial charge in [-0.05, 0) is 52.2 Å². The number of methoxy groups -OCH3 is 2. The van der Waals surface area contributed by atoms with E-state index in [9.17, 15) is 30.0 Å². The molecule has 5 aliphatic rings. The highest BCUT2D eigenvalue weighted by Gasteiger charge is 2.84. The Labute approximate surface area is 258 Å². The first kappa shape index (κ1) is 30.8. The largest absolute Gasteiger partial charge is 0.506 e. The second-order valence-corrected chi connectivity index (χ2v) is 12.9. The Balaban J connectivity index is 1.44. The number of aromatic hydroxyl groups is 1. The molecule has 4 N–H and O–H groups in total. The fraction of sp³-hybridized carbons (Fsp3) is 0.625. The summed E-state index contributed by atoms with van der Waals surface area (Å²) in [5.41, 5.74) is -2.26. The fourth-order valence-electron chi connectivity index (χ4n) is 8.09. The number of benzene rings is 2. The first-order valence-corrected chi connectivity index (χ1v) is 15.1. The second kappa shape index (κ2) is 9.81. The number of ether oxygens (including phenoxy) is 7. The molecular weight excluding hydrogens is 592 g/mol. The molecule has 2 bridgehead atoms. The summed E-state index contributed by atoms with van der Waals surface area (Å²) in [5.74, 6) is -4.49. The summed E-state index contributed by atoms with van der Waals surface area (Å²) in [6.07, 6.45) is -4.96. The molecule has 4 heterocycles. The van der Waals surface area contributed by atoms with Crippen molar-refractivity contribution in [3.8, 4) is 17.2 Å². The van der Waals surface area contributed by atoms with Crippen molar-refractivity contribution in [1.82, 2.24) is 0 Å². The monoisotopic (exact) mass is 630 g/mol. The Hall–Kier alpha value is -2.88. The van der Waals surface area contributed by atoms with Crippen molar-refractivity contribution in [2.45, 2.75) is 107 Å². The van der Waals surface area contributed by atoms with E-state index >= 15 is 0 Å². The molecule has 1 aliphatic carbocycles. The minimum atomic E-state index is -2.17. The fourth-order valence-corrected chi connectivity index (χ4v) is 8.09. The zero-order chi connectivity index (χ0) is 32.4. The molecule has 4 aliphatic heterocycles. The van der Waals surface area contributed by atoms with Crippen LogP contribution in [-0.2, 0) is 34.9 Å². The quantitative estimate of drug-likeness (QED) is 0.364. The Bertz CT molecular complexity index is 1620. The molecule has 45 heavy (non-hydrogen) atoms. The van der Waals surface area contributed by atoms with Crippen LogP contribution in [0.5, 0.6) is 17.2 Å². The lowest BCUT2D eigenvalue weighted by molar-refractivity contribution is -0.403. The van der Waals surface area contributed by atoms with Gasteiger partial charge in [0, 0.05) is 36.5 Å². The van der Waals surface area contributed by atoms with Crippen LogP contribution in [0.1, 0.15) is 73.2 Å². The van der Waals surface area contributed by atoms with Gasteiger partial charge in [-0.25, -0.2) is 0 Å². The number of hydrogen-bond acceptors (Lipinski definition) is 13. The standard InChI is InChI=1S/C32H38O13/c1-13-10-17-23(24(36)22-16(25(17)40-6)8-7-9-18(22)34)26-21(13)27-28-32(44-26,29(4,37)30(43-27,45-28)12-39-5)42-20-11-19(35)31(38,14(2)33)15(3)41-20/h10,15,19-20,27-28,35-38H,7-9,11-12H2,1-6H3/t15-,19+,20-,27-,28-,29+,30-,31+,32+/m0/s1. The van der Waals surface area contributed by atoms with Crippen molar-refractivity contribution in [3.05, 3.63) is 28.3 Å². The number of aryl methyl sites for hydroxylation is 1. The van der Waals surface area contributed by atoms with E-state index in [0.29, 0.717) is 40.7 Å². The molecule has 244 valence electrons. The number of fused-ring (bicyclic) bond motifs is 6. The normalized spacial score (nSPS) is 39.8. The van der Waals surface area contributed by atoms with Gasteiger partial charge in [0.1, 0.15) is 30.0 Å². The summed E-state index contributed by atoms with van der Waals surface area (Å²) in [6, 6.07) is 1.84. The van der Waals surface area contributed by atoms with Crippen LogP contribution in [0.15, 0.2) is 6.07 Å². The minimum absolute atomic E-state index is 0.102. The lowest BCUT2D eigenvalue weighted by Gasteiger charge is -2.54. The summed E-state index contributed by atoms with van der Waals surface area (Å²) < 4.78 is 43.3. The molecule has 0 radical (unpaired) electrons. The van der Waals surface area contributed by atoms with Gasteiger partial charge >= 0.3 is 0 Å². The molecule has 2 aromatic carbocycles. The van der Waals surface area contributed by atoms with Crippen LogP contribution >= 0.6 is 0 Å². The molecule has 3 fully saturated rings. The third-order valence-electron chi connectivity index (χ3n) is 10.5. The van der Waals surface area contributed by atoms with E-state index in [1.165, 1.54) is 28.1 Å². The summed E-state index contributed by atoms with van der Waals surface area (Å²) in [5, 5.41) is 46.6. The number of hydrogen-bond donors (Lipinski definition) is 4. The molecule has 0 amide bonds. The average molecular weight is 631 g/mol. The number of carbonyl (C=O) groups is 2. The summed E-state index contributed by atoms with van der Waals surface area (Å²) in [7, 11) is 2.93. The lowest BCUT2D eigenvalue weighted by Crippen LogP contribution is -2.74. The number of carbonyl (C=O) groups excluding carboxylic acids is 2. The predicted octanol–water partition coefficient (Wildman–Crippen LogP) is 1.87. The third-order valence-corrected chi connectivity index (χ3v) is 10.5. The van der Waals surface area contributed by atoms with Crippen LogP contribution in [0.25, 0.3) is 10.8 Å². The molecule has 0 unspecified atom stereocenters. The Morgan fingerprint density at radius 1 is 1.18 bits per heavy atom. The number of aliphatic hydroxyl groups excluding tert-OH is 1. The van der Waals surface area contributed by atoms with E-state index in [1.807, 2.05) is 13.0 Å². The van der Waals surface area contributed by atoms with Gasteiger partial charge in [0.05, 0.1) is 30.3 Å². The van der Waals surface area contributed by atoms with Crippen molar-refractivity contribution in [2.24, 2.45) is 0 Å². The highest BCUT2D eigenvalue weighted by atomic mass is 16.9. The first-order chi connectivity index (χ1) is 21.2. The molecule has 7 rings (SSSR count).